The second-order valence-corrected chi connectivity index (χ2v) is 4.59. The number of nitrogens with two attached hydrogens (primary N) is 1. The minimum atomic E-state index is -1.40. The van der Waals surface area contributed by atoms with Gasteiger partial charge in [0.05, 0.1) is 5.02 Å². The smallest absolute Gasteiger partial charge is 0.328 e. The largest absolute Gasteiger partial charge is 0.480 e. The van der Waals surface area contributed by atoms with Crippen LogP contribution >= 0.6 is 34.2 Å². The summed E-state index contributed by atoms with van der Waals surface area (Å²) in [6.07, 6.45) is 0. The van der Waals surface area contributed by atoms with Gasteiger partial charge in [0.25, 0.3) is 0 Å². The van der Waals surface area contributed by atoms with Gasteiger partial charge in [0.2, 0.25) is 0 Å². The highest BCUT2D eigenvalue weighted by Crippen LogP contribution is 2.28. The summed E-state index contributed by atoms with van der Waals surface area (Å²) in [7, 11) is 0. The molecule has 1 atom stereocenters. The maximum absolute atomic E-state index is 10.9. The number of benzene rings is 1. The van der Waals surface area contributed by atoms with Crippen LogP contribution in [0.5, 0.6) is 0 Å². The Labute approximate surface area is 100 Å². The number of hydrogen-bond acceptors (Lipinski definition) is 2. The van der Waals surface area contributed by atoms with E-state index in [1.165, 1.54) is 6.92 Å². The lowest BCUT2D eigenvalue weighted by Gasteiger charge is -2.21. The van der Waals surface area contributed by atoms with Gasteiger partial charge in [0.1, 0.15) is 5.54 Å². The van der Waals surface area contributed by atoms with Gasteiger partial charge in [0, 0.05) is 3.57 Å². The molecule has 0 aliphatic carbocycles. The summed E-state index contributed by atoms with van der Waals surface area (Å²) >= 11 is 7.86. The van der Waals surface area contributed by atoms with Crippen LogP contribution in [-0.2, 0) is 10.3 Å². The summed E-state index contributed by atoms with van der Waals surface area (Å²) in [6, 6.07) is 5.06. The fraction of sp³-hybridized carbons (Fsp3) is 0.222. The van der Waals surface area contributed by atoms with E-state index in [9.17, 15) is 4.79 Å². The molecule has 1 aromatic rings. The normalized spacial score (nSPS) is 14.9. The zero-order valence-electron chi connectivity index (χ0n) is 7.42. The number of carboxylic acid groups (broad SMARTS) is 1. The van der Waals surface area contributed by atoms with Gasteiger partial charge in [-0.1, -0.05) is 23.7 Å². The predicted octanol–water partition coefficient (Wildman–Crippen LogP) is 2.20. The number of halogens is 2. The first-order chi connectivity index (χ1) is 6.37. The second kappa shape index (κ2) is 4.04. The monoisotopic (exact) mass is 325 g/mol. The van der Waals surface area contributed by atoms with Crippen LogP contribution in [0.15, 0.2) is 18.2 Å². The molecule has 0 spiro atoms. The van der Waals surface area contributed by atoms with Gasteiger partial charge >= 0.3 is 5.97 Å². The van der Waals surface area contributed by atoms with E-state index in [1.54, 1.807) is 18.2 Å². The van der Waals surface area contributed by atoms with Crippen molar-refractivity contribution >= 4 is 40.2 Å². The maximum Gasteiger partial charge on any atom is 0.328 e. The van der Waals surface area contributed by atoms with E-state index in [1.807, 2.05) is 22.6 Å². The average Bonchev–Trinajstić information content (AvgIpc) is 2.09. The quantitative estimate of drug-likeness (QED) is 0.820. The molecule has 14 heavy (non-hydrogen) atoms. The molecule has 0 saturated heterocycles. The third kappa shape index (κ3) is 2.02. The summed E-state index contributed by atoms with van der Waals surface area (Å²) < 4.78 is 0.680. The zero-order chi connectivity index (χ0) is 10.9. The Balaban J connectivity index is 3.33. The Morgan fingerprint density at radius 1 is 1.64 bits per heavy atom. The van der Waals surface area contributed by atoms with Gasteiger partial charge in [0.15, 0.2) is 0 Å². The van der Waals surface area contributed by atoms with Crippen LogP contribution in [0.3, 0.4) is 0 Å². The van der Waals surface area contributed by atoms with Crippen molar-refractivity contribution in [1.29, 1.82) is 0 Å². The summed E-state index contributed by atoms with van der Waals surface area (Å²) in [6.45, 7) is 1.45. The molecule has 3 nitrogen and oxygen atoms in total. The summed E-state index contributed by atoms with van der Waals surface area (Å²) in [5.41, 5.74) is 4.81. The lowest BCUT2D eigenvalue weighted by atomic mass is 9.94. The Morgan fingerprint density at radius 2 is 2.21 bits per heavy atom. The van der Waals surface area contributed by atoms with Crippen LogP contribution in [0.2, 0.25) is 5.02 Å². The highest BCUT2D eigenvalue weighted by molar-refractivity contribution is 14.1. The minimum absolute atomic E-state index is 0.515. The van der Waals surface area contributed by atoms with Crippen molar-refractivity contribution in [2.45, 2.75) is 12.5 Å². The number of carbonyl (C=O) groups is 1. The molecule has 0 aliphatic rings. The molecule has 0 fully saturated rings. The number of rotatable bonds is 2. The molecule has 0 radical (unpaired) electrons. The standard InChI is InChI=1S/C9H9ClINO2/c1-9(12,8(13)14)5-3-2-4-6(10)7(5)11/h2-4H,12H2,1H3,(H,13,14)/t9-/m1/s1. The fourth-order valence-corrected chi connectivity index (χ4v) is 2.11. The number of carboxylic acids is 1. The van der Waals surface area contributed by atoms with Gasteiger partial charge in [-0.2, -0.15) is 0 Å². The lowest BCUT2D eigenvalue weighted by Crippen LogP contribution is -2.42. The van der Waals surface area contributed by atoms with E-state index in [-0.39, 0.29) is 0 Å². The topological polar surface area (TPSA) is 63.3 Å². The van der Waals surface area contributed by atoms with Crippen molar-refractivity contribution in [3.05, 3.63) is 32.4 Å². The van der Waals surface area contributed by atoms with Crippen molar-refractivity contribution < 1.29 is 9.90 Å². The Kier molecular flexibility index (Phi) is 3.39. The molecule has 0 saturated carbocycles. The van der Waals surface area contributed by atoms with E-state index >= 15 is 0 Å². The Morgan fingerprint density at radius 3 is 2.71 bits per heavy atom. The van der Waals surface area contributed by atoms with E-state index in [0.717, 1.165) is 0 Å². The SMILES string of the molecule is C[C@](N)(C(=O)O)c1cccc(Cl)c1I. The van der Waals surface area contributed by atoms with Gasteiger partial charge in [-0.25, -0.2) is 4.79 Å². The molecular weight excluding hydrogens is 316 g/mol. The minimum Gasteiger partial charge on any atom is -0.480 e. The first-order valence-corrected chi connectivity index (χ1v) is 5.30. The van der Waals surface area contributed by atoms with Crippen LogP contribution < -0.4 is 5.73 Å². The third-order valence-electron chi connectivity index (χ3n) is 1.96. The van der Waals surface area contributed by atoms with Crippen molar-refractivity contribution in [3.63, 3.8) is 0 Å². The van der Waals surface area contributed by atoms with Crippen LogP contribution in [0.4, 0.5) is 0 Å². The van der Waals surface area contributed by atoms with Crippen molar-refractivity contribution in [2.24, 2.45) is 5.73 Å². The van der Waals surface area contributed by atoms with Crippen molar-refractivity contribution in [3.8, 4) is 0 Å². The van der Waals surface area contributed by atoms with Gasteiger partial charge in [-0.05, 0) is 41.1 Å². The molecule has 0 heterocycles. The molecule has 76 valence electrons. The van der Waals surface area contributed by atoms with Gasteiger partial charge in [-0.3, -0.25) is 0 Å². The molecule has 0 unspecified atom stereocenters. The zero-order valence-corrected chi connectivity index (χ0v) is 10.3. The molecule has 0 aromatic heterocycles. The van der Waals surface area contributed by atoms with Gasteiger partial charge in [-0.15, -0.1) is 0 Å². The molecule has 0 bridgehead atoms. The first kappa shape index (κ1) is 11.7. The second-order valence-electron chi connectivity index (χ2n) is 3.11. The molecule has 5 heteroatoms. The molecule has 3 N–H and O–H groups in total. The van der Waals surface area contributed by atoms with Crippen LogP contribution in [0.1, 0.15) is 12.5 Å². The summed E-state index contributed by atoms with van der Waals surface area (Å²) in [5, 5.41) is 9.45. The van der Waals surface area contributed by atoms with E-state index in [2.05, 4.69) is 0 Å². The van der Waals surface area contributed by atoms with E-state index in [0.29, 0.717) is 14.2 Å². The van der Waals surface area contributed by atoms with Crippen LogP contribution in [0.25, 0.3) is 0 Å². The summed E-state index contributed by atoms with van der Waals surface area (Å²) in [5.74, 6) is -1.07. The van der Waals surface area contributed by atoms with Crippen LogP contribution in [0, 0.1) is 3.57 Å². The Bertz CT molecular complexity index is 379. The van der Waals surface area contributed by atoms with Gasteiger partial charge < -0.3 is 10.8 Å². The molecular formula is C9H9ClINO2. The highest BCUT2D eigenvalue weighted by atomic mass is 127. The van der Waals surface area contributed by atoms with Crippen LogP contribution in [-0.4, -0.2) is 11.1 Å². The Hall–Kier alpha value is -0.330. The third-order valence-corrected chi connectivity index (χ3v) is 3.75. The number of hydrogen-bond donors (Lipinski definition) is 2. The van der Waals surface area contributed by atoms with Crippen molar-refractivity contribution in [2.75, 3.05) is 0 Å². The lowest BCUT2D eigenvalue weighted by molar-refractivity contribution is -0.143. The molecule has 0 amide bonds. The first-order valence-electron chi connectivity index (χ1n) is 3.84. The average molecular weight is 326 g/mol. The predicted molar refractivity (Wildman–Crippen MR) is 63.3 cm³/mol. The maximum atomic E-state index is 10.9. The molecule has 1 aromatic carbocycles. The molecule has 1 rings (SSSR count). The fourth-order valence-electron chi connectivity index (χ4n) is 1.02. The summed E-state index contributed by atoms with van der Waals surface area (Å²) in [4.78, 5) is 10.9. The highest BCUT2D eigenvalue weighted by Gasteiger charge is 2.32. The van der Waals surface area contributed by atoms with E-state index in [4.69, 9.17) is 22.4 Å². The van der Waals surface area contributed by atoms with Crippen molar-refractivity contribution in [1.82, 2.24) is 0 Å². The number of aliphatic carboxylic acids is 1. The molecule has 0 aliphatic heterocycles. The van der Waals surface area contributed by atoms with E-state index < -0.39 is 11.5 Å².